The van der Waals surface area contributed by atoms with Crippen molar-refractivity contribution in [2.24, 2.45) is 0 Å². The Morgan fingerprint density at radius 2 is 2.00 bits per heavy atom. The number of carboxylic acids is 1. The maximum absolute atomic E-state index is 10.8. The fourth-order valence-electron chi connectivity index (χ4n) is 2.33. The number of carbonyl (C=O) groups is 1. The Bertz CT molecular complexity index is 686. The molecule has 0 spiro atoms. The Morgan fingerprint density at radius 1 is 1.24 bits per heavy atom. The summed E-state index contributed by atoms with van der Waals surface area (Å²) in [4.78, 5) is 19.8. The van der Waals surface area contributed by atoms with Gasteiger partial charge in [-0.2, -0.15) is 4.98 Å². The summed E-state index contributed by atoms with van der Waals surface area (Å²) in [6, 6.07) is 6.33. The minimum Gasteiger partial charge on any atom is -0.478 e. The van der Waals surface area contributed by atoms with Crippen LogP contribution in [0.25, 0.3) is 0 Å². The van der Waals surface area contributed by atoms with Gasteiger partial charge in [-0.25, -0.2) is 9.78 Å². The number of benzene rings is 1. The first-order valence-corrected chi connectivity index (χ1v) is 7.85. The number of carboxylic acid groups (broad SMARTS) is 1. The summed E-state index contributed by atoms with van der Waals surface area (Å²) in [6.07, 6.45) is 4.88. The minimum absolute atomic E-state index is 0.236. The average Bonchev–Trinajstić information content (AvgIpc) is 2.96. The quantitative estimate of drug-likeness (QED) is 0.691. The molecule has 1 aromatic carbocycles. The first-order valence-electron chi connectivity index (χ1n) is 6.62. The summed E-state index contributed by atoms with van der Waals surface area (Å²) in [5.41, 5.74) is 2.36. The van der Waals surface area contributed by atoms with Crippen LogP contribution >= 0.6 is 11.8 Å². The van der Waals surface area contributed by atoms with E-state index in [2.05, 4.69) is 9.97 Å². The second-order valence-electron chi connectivity index (χ2n) is 4.73. The predicted octanol–water partition coefficient (Wildman–Crippen LogP) is 3.18. The van der Waals surface area contributed by atoms with Crippen molar-refractivity contribution in [2.75, 3.05) is 6.26 Å². The molecule has 1 heterocycles. The van der Waals surface area contributed by atoms with Gasteiger partial charge in [0.2, 0.25) is 5.88 Å². The fourth-order valence-corrected chi connectivity index (χ4v) is 2.70. The highest BCUT2D eigenvalue weighted by Gasteiger charge is 2.20. The highest BCUT2D eigenvalue weighted by atomic mass is 32.2. The van der Waals surface area contributed by atoms with Gasteiger partial charge in [-0.15, -0.1) is 0 Å². The third kappa shape index (κ3) is 2.85. The molecule has 2 aromatic rings. The van der Waals surface area contributed by atoms with Crippen LogP contribution in [-0.2, 0) is 12.8 Å². The van der Waals surface area contributed by atoms with E-state index in [9.17, 15) is 4.79 Å². The second kappa shape index (κ2) is 5.73. The molecule has 5 nitrogen and oxygen atoms in total. The first-order chi connectivity index (χ1) is 10.2. The highest BCUT2D eigenvalue weighted by molar-refractivity contribution is 7.98. The summed E-state index contributed by atoms with van der Waals surface area (Å²) in [7, 11) is 0. The number of hydrogen-bond acceptors (Lipinski definition) is 5. The van der Waals surface area contributed by atoms with Crippen molar-refractivity contribution in [1.82, 2.24) is 9.97 Å². The van der Waals surface area contributed by atoms with Gasteiger partial charge in [0.05, 0.1) is 11.3 Å². The molecule has 0 aliphatic heterocycles. The van der Waals surface area contributed by atoms with Crippen molar-refractivity contribution in [3.05, 3.63) is 41.1 Å². The van der Waals surface area contributed by atoms with E-state index < -0.39 is 5.97 Å². The van der Waals surface area contributed by atoms with Gasteiger partial charge in [-0.3, -0.25) is 0 Å². The summed E-state index contributed by atoms with van der Waals surface area (Å²) in [5, 5.41) is 9.60. The third-order valence-electron chi connectivity index (χ3n) is 3.37. The normalized spacial score (nSPS) is 13.0. The molecule has 1 aliphatic carbocycles. The van der Waals surface area contributed by atoms with Crippen LogP contribution in [0.2, 0.25) is 0 Å². The molecule has 0 saturated carbocycles. The molecule has 0 amide bonds. The van der Waals surface area contributed by atoms with Gasteiger partial charge >= 0.3 is 5.97 Å². The summed E-state index contributed by atoms with van der Waals surface area (Å²) in [5.74, 6) is 0.221. The molecule has 1 N–H and O–H groups in total. The number of thioether (sulfide) groups is 1. The molecule has 1 aliphatic rings. The maximum atomic E-state index is 10.8. The zero-order valence-electron chi connectivity index (χ0n) is 11.5. The maximum Gasteiger partial charge on any atom is 0.335 e. The zero-order valence-corrected chi connectivity index (χ0v) is 12.3. The molecule has 0 saturated heterocycles. The Kier molecular flexibility index (Phi) is 3.79. The summed E-state index contributed by atoms with van der Waals surface area (Å²) < 4.78 is 5.84. The monoisotopic (exact) mass is 302 g/mol. The van der Waals surface area contributed by atoms with E-state index in [-0.39, 0.29) is 5.56 Å². The molecular formula is C15H14N2O3S. The second-order valence-corrected chi connectivity index (χ2v) is 5.50. The lowest BCUT2D eigenvalue weighted by atomic mass is 10.2. The molecule has 0 bridgehead atoms. The molecule has 0 atom stereocenters. The number of aromatic nitrogens is 2. The van der Waals surface area contributed by atoms with Crippen molar-refractivity contribution in [3.63, 3.8) is 0 Å². The Balaban J connectivity index is 1.90. The van der Waals surface area contributed by atoms with Crippen LogP contribution in [0.5, 0.6) is 11.6 Å². The minimum atomic E-state index is -0.950. The predicted molar refractivity (Wildman–Crippen MR) is 79.3 cm³/mol. The van der Waals surface area contributed by atoms with E-state index in [1.807, 2.05) is 6.26 Å². The number of ether oxygens (including phenoxy) is 1. The molecule has 0 unspecified atom stereocenters. The average molecular weight is 302 g/mol. The van der Waals surface area contributed by atoms with Crippen molar-refractivity contribution >= 4 is 17.7 Å². The Morgan fingerprint density at radius 3 is 2.67 bits per heavy atom. The SMILES string of the molecule is CSc1nc2c(c(Oc3ccc(C(=O)O)cc3)n1)CCC2. The van der Waals surface area contributed by atoms with E-state index in [0.717, 1.165) is 30.5 Å². The zero-order chi connectivity index (χ0) is 14.8. The van der Waals surface area contributed by atoms with Crippen LogP contribution in [0.1, 0.15) is 28.0 Å². The smallest absolute Gasteiger partial charge is 0.335 e. The van der Waals surface area contributed by atoms with E-state index in [4.69, 9.17) is 9.84 Å². The van der Waals surface area contributed by atoms with Gasteiger partial charge in [0, 0.05) is 5.56 Å². The van der Waals surface area contributed by atoms with Gasteiger partial charge in [0.1, 0.15) is 5.75 Å². The molecule has 21 heavy (non-hydrogen) atoms. The van der Waals surface area contributed by atoms with Gasteiger partial charge in [-0.1, -0.05) is 11.8 Å². The number of aromatic carboxylic acids is 1. The standard InChI is InChI=1S/C15H14N2O3S/c1-21-15-16-12-4-2-3-11(12)13(17-15)20-10-7-5-9(6-8-10)14(18)19/h5-8H,2-4H2,1H3,(H,18,19). The molecule has 6 heteroatoms. The lowest BCUT2D eigenvalue weighted by Crippen LogP contribution is -2.00. The van der Waals surface area contributed by atoms with Crippen LogP contribution in [0, 0.1) is 0 Å². The lowest BCUT2D eigenvalue weighted by molar-refractivity contribution is 0.0697. The molecule has 0 radical (unpaired) electrons. The molecular weight excluding hydrogens is 288 g/mol. The van der Waals surface area contributed by atoms with Crippen molar-refractivity contribution < 1.29 is 14.6 Å². The van der Waals surface area contributed by atoms with Crippen molar-refractivity contribution in [2.45, 2.75) is 24.4 Å². The molecule has 0 fully saturated rings. The largest absolute Gasteiger partial charge is 0.478 e. The van der Waals surface area contributed by atoms with Gasteiger partial charge in [-0.05, 0) is 49.8 Å². The van der Waals surface area contributed by atoms with Crippen LogP contribution in [0.15, 0.2) is 29.4 Å². The van der Waals surface area contributed by atoms with E-state index in [0.29, 0.717) is 16.8 Å². The van der Waals surface area contributed by atoms with Crippen molar-refractivity contribution in [1.29, 1.82) is 0 Å². The number of nitrogens with zero attached hydrogens (tertiary/aromatic N) is 2. The van der Waals surface area contributed by atoms with Crippen molar-refractivity contribution in [3.8, 4) is 11.6 Å². The van der Waals surface area contributed by atoms with E-state index in [1.165, 1.54) is 23.9 Å². The van der Waals surface area contributed by atoms with E-state index in [1.54, 1.807) is 12.1 Å². The topological polar surface area (TPSA) is 72.3 Å². The molecule has 3 rings (SSSR count). The van der Waals surface area contributed by atoms with Gasteiger partial charge in [0.25, 0.3) is 0 Å². The van der Waals surface area contributed by atoms with Crippen LogP contribution < -0.4 is 4.74 Å². The van der Waals surface area contributed by atoms with Gasteiger partial charge < -0.3 is 9.84 Å². The van der Waals surface area contributed by atoms with Crippen LogP contribution in [0.3, 0.4) is 0 Å². The third-order valence-corrected chi connectivity index (χ3v) is 3.92. The highest BCUT2D eigenvalue weighted by Crippen LogP contribution is 2.32. The Labute approximate surface area is 126 Å². The van der Waals surface area contributed by atoms with E-state index >= 15 is 0 Å². The number of rotatable bonds is 4. The number of hydrogen-bond donors (Lipinski definition) is 1. The van der Waals surface area contributed by atoms with Gasteiger partial charge in [0.15, 0.2) is 5.16 Å². The van der Waals surface area contributed by atoms with Crippen LogP contribution in [-0.4, -0.2) is 27.3 Å². The Hall–Kier alpha value is -2.08. The lowest BCUT2D eigenvalue weighted by Gasteiger charge is -2.10. The van der Waals surface area contributed by atoms with Crippen LogP contribution in [0.4, 0.5) is 0 Å². The summed E-state index contributed by atoms with van der Waals surface area (Å²) in [6.45, 7) is 0. The number of aryl methyl sites for hydroxylation is 1. The number of fused-ring (bicyclic) bond motifs is 1. The summed E-state index contributed by atoms with van der Waals surface area (Å²) >= 11 is 1.49. The fraction of sp³-hybridized carbons (Fsp3) is 0.267. The first kappa shape index (κ1) is 13.9. The molecule has 1 aromatic heterocycles. The molecule has 108 valence electrons.